The summed E-state index contributed by atoms with van der Waals surface area (Å²) in [4.78, 5) is 22.2. The smallest absolute Gasteiger partial charge is 0.410 e. The third kappa shape index (κ3) is 5.63. The molecule has 0 spiro atoms. The van der Waals surface area contributed by atoms with E-state index in [-0.39, 0.29) is 36.1 Å². The number of nitrogens with one attached hydrogen (secondary N) is 1. The molecule has 1 N–H and O–H groups in total. The first-order valence-corrected chi connectivity index (χ1v) is 9.78. The van der Waals surface area contributed by atoms with Gasteiger partial charge in [0.1, 0.15) is 5.60 Å². The molecule has 0 bridgehead atoms. The fourth-order valence-electron chi connectivity index (χ4n) is 3.01. The van der Waals surface area contributed by atoms with E-state index in [9.17, 15) is 4.79 Å². The van der Waals surface area contributed by atoms with Crippen LogP contribution in [0.2, 0.25) is 4.34 Å². The van der Waals surface area contributed by atoms with Crippen LogP contribution in [0.5, 0.6) is 0 Å². The minimum atomic E-state index is -0.461. The third-order valence-corrected chi connectivity index (χ3v) is 5.43. The van der Waals surface area contributed by atoms with Crippen LogP contribution < -0.4 is 5.32 Å². The largest absolute Gasteiger partial charge is 0.444 e. The number of ether oxygens (including phenoxy) is 1. The Kier molecular flexibility index (Phi) is 7.43. The molecule has 2 aliphatic rings. The van der Waals surface area contributed by atoms with Gasteiger partial charge in [0.25, 0.3) is 0 Å². The summed E-state index contributed by atoms with van der Waals surface area (Å²) in [6.45, 7) is 9.31. The molecule has 0 radical (unpaired) electrons. The fourth-order valence-corrected chi connectivity index (χ4v) is 4.09. The van der Waals surface area contributed by atoms with E-state index in [1.54, 1.807) is 16.2 Å². The SMILES string of the molecule is CC(C)(C)OC(=O)N1CCN2C(NCCc3ccc(Cl)s3)=NCC2C1.I. The zero-order valence-corrected chi connectivity index (χ0v) is 19.2. The number of carbonyl (C=O) groups is 1. The molecule has 1 saturated heterocycles. The average molecular weight is 513 g/mol. The number of hydrogen-bond acceptors (Lipinski definition) is 6. The molecule has 0 saturated carbocycles. The van der Waals surface area contributed by atoms with E-state index in [2.05, 4.69) is 21.3 Å². The van der Waals surface area contributed by atoms with Gasteiger partial charge in [-0.3, -0.25) is 4.99 Å². The summed E-state index contributed by atoms with van der Waals surface area (Å²) in [6, 6.07) is 4.23. The number of nitrogens with zero attached hydrogens (tertiary/aromatic N) is 3. The summed E-state index contributed by atoms with van der Waals surface area (Å²) < 4.78 is 6.30. The lowest BCUT2D eigenvalue weighted by Crippen LogP contribution is -2.57. The Morgan fingerprint density at radius 2 is 2.19 bits per heavy atom. The molecule has 1 fully saturated rings. The Morgan fingerprint density at radius 1 is 1.42 bits per heavy atom. The Balaban J connectivity index is 0.00000243. The zero-order chi connectivity index (χ0) is 18.0. The molecule has 0 aliphatic carbocycles. The fraction of sp³-hybridized carbons (Fsp3) is 0.647. The molecule has 6 nitrogen and oxygen atoms in total. The second kappa shape index (κ2) is 8.97. The van der Waals surface area contributed by atoms with E-state index in [4.69, 9.17) is 16.3 Å². The Hall–Kier alpha value is -0.740. The maximum Gasteiger partial charge on any atom is 0.410 e. The molecule has 1 aromatic rings. The highest BCUT2D eigenvalue weighted by atomic mass is 127. The summed E-state index contributed by atoms with van der Waals surface area (Å²) >= 11 is 7.58. The number of carbonyl (C=O) groups excluding carboxylic acids is 1. The molecule has 0 aromatic carbocycles. The maximum absolute atomic E-state index is 12.2. The number of fused-ring (bicyclic) bond motifs is 1. The number of piperazine rings is 1. The Labute approximate surface area is 180 Å². The second-order valence-electron chi connectivity index (χ2n) is 7.32. The third-order valence-electron chi connectivity index (χ3n) is 4.14. The zero-order valence-electron chi connectivity index (χ0n) is 15.3. The predicted octanol–water partition coefficient (Wildman–Crippen LogP) is 3.44. The molecule has 3 heterocycles. The number of guanidine groups is 1. The van der Waals surface area contributed by atoms with Crippen molar-refractivity contribution >= 4 is 59.0 Å². The lowest BCUT2D eigenvalue weighted by atomic mass is 10.2. The van der Waals surface area contributed by atoms with Crippen molar-refractivity contribution in [3.63, 3.8) is 0 Å². The van der Waals surface area contributed by atoms with E-state index in [0.29, 0.717) is 19.6 Å². The predicted molar refractivity (Wildman–Crippen MR) is 117 cm³/mol. The Morgan fingerprint density at radius 3 is 2.85 bits per heavy atom. The van der Waals surface area contributed by atoms with Crippen LogP contribution in [-0.4, -0.2) is 66.2 Å². The topological polar surface area (TPSA) is 57.2 Å². The van der Waals surface area contributed by atoms with Crippen LogP contribution in [0.3, 0.4) is 0 Å². The average Bonchev–Trinajstić information content (AvgIpc) is 3.12. The van der Waals surface area contributed by atoms with Crippen molar-refractivity contribution in [3.05, 3.63) is 21.3 Å². The molecular weight excluding hydrogens is 487 g/mol. The molecule has 1 unspecified atom stereocenters. The molecule has 146 valence electrons. The molecule has 1 aromatic heterocycles. The molecule has 26 heavy (non-hydrogen) atoms. The van der Waals surface area contributed by atoms with Crippen molar-refractivity contribution in [2.45, 2.75) is 38.8 Å². The highest BCUT2D eigenvalue weighted by Crippen LogP contribution is 2.22. The quantitative estimate of drug-likeness (QED) is 0.631. The van der Waals surface area contributed by atoms with Crippen molar-refractivity contribution in [3.8, 4) is 0 Å². The number of thiophene rings is 1. The highest BCUT2D eigenvalue weighted by molar-refractivity contribution is 14.0. The van der Waals surface area contributed by atoms with E-state index in [1.165, 1.54) is 4.88 Å². The molecule has 1 atom stereocenters. The highest BCUT2D eigenvalue weighted by Gasteiger charge is 2.36. The summed E-state index contributed by atoms with van der Waals surface area (Å²) in [7, 11) is 0. The monoisotopic (exact) mass is 512 g/mol. The van der Waals surface area contributed by atoms with Crippen LogP contribution in [-0.2, 0) is 11.2 Å². The van der Waals surface area contributed by atoms with Crippen molar-refractivity contribution in [1.29, 1.82) is 0 Å². The van der Waals surface area contributed by atoms with Crippen LogP contribution in [0.15, 0.2) is 17.1 Å². The summed E-state index contributed by atoms with van der Waals surface area (Å²) in [5.41, 5.74) is -0.461. The van der Waals surface area contributed by atoms with Gasteiger partial charge in [-0.1, -0.05) is 11.6 Å². The van der Waals surface area contributed by atoms with Crippen LogP contribution in [0, 0.1) is 0 Å². The van der Waals surface area contributed by atoms with E-state index in [0.717, 1.165) is 29.8 Å². The summed E-state index contributed by atoms with van der Waals surface area (Å²) in [6.07, 6.45) is 0.696. The standard InChI is InChI=1S/C17H25ClN4O2S.HI/c1-17(2,3)24-16(23)21-8-9-22-12(11-21)10-20-15(22)19-7-6-13-4-5-14(18)25-13;/h4-5,12H,6-11H2,1-3H3,(H,19,20);1H. The van der Waals surface area contributed by atoms with Crippen molar-refractivity contribution in [1.82, 2.24) is 15.1 Å². The molecular formula is C17H26ClIN4O2S. The first kappa shape index (κ1) is 21.6. The minimum absolute atomic E-state index is 0. The molecule has 1 amide bonds. The number of amides is 1. The van der Waals surface area contributed by atoms with Gasteiger partial charge in [-0.05, 0) is 39.3 Å². The van der Waals surface area contributed by atoms with Crippen molar-refractivity contribution in [2.24, 2.45) is 4.99 Å². The Bertz CT molecular complexity index is 661. The second-order valence-corrected chi connectivity index (χ2v) is 9.12. The van der Waals surface area contributed by atoms with Crippen molar-refractivity contribution in [2.75, 3.05) is 32.7 Å². The van der Waals surface area contributed by atoms with E-state index in [1.807, 2.05) is 26.8 Å². The minimum Gasteiger partial charge on any atom is -0.444 e. The molecule has 2 aliphatic heterocycles. The number of aliphatic imine (C=N–C) groups is 1. The van der Waals surface area contributed by atoms with Gasteiger partial charge in [-0.25, -0.2) is 4.79 Å². The molecule has 3 rings (SSSR count). The maximum atomic E-state index is 12.2. The van der Waals surface area contributed by atoms with Gasteiger partial charge in [-0.15, -0.1) is 35.3 Å². The van der Waals surface area contributed by atoms with Gasteiger partial charge in [0.15, 0.2) is 5.96 Å². The summed E-state index contributed by atoms with van der Waals surface area (Å²) in [5.74, 6) is 0.941. The van der Waals surface area contributed by atoms with Crippen molar-refractivity contribution < 1.29 is 9.53 Å². The first-order chi connectivity index (χ1) is 11.8. The molecule has 9 heteroatoms. The van der Waals surface area contributed by atoms with Gasteiger partial charge in [-0.2, -0.15) is 0 Å². The van der Waals surface area contributed by atoms with Gasteiger partial charge in [0, 0.05) is 31.1 Å². The van der Waals surface area contributed by atoms with Gasteiger partial charge < -0.3 is 19.9 Å². The van der Waals surface area contributed by atoms with E-state index < -0.39 is 5.60 Å². The number of halogens is 2. The van der Waals surface area contributed by atoms with Gasteiger partial charge >= 0.3 is 6.09 Å². The number of hydrogen-bond donors (Lipinski definition) is 1. The lowest BCUT2D eigenvalue weighted by molar-refractivity contribution is 0.0137. The lowest BCUT2D eigenvalue weighted by Gasteiger charge is -2.39. The van der Waals surface area contributed by atoms with Crippen LogP contribution in [0.25, 0.3) is 0 Å². The normalized spacial score (nSPS) is 19.5. The van der Waals surface area contributed by atoms with Gasteiger partial charge in [0.05, 0.1) is 16.9 Å². The first-order valence-electron chi connectivity index (χ1n) is 8.59. The van der Waals surface area contributed by atoms with Crippen LogP contribution in [0.1, 0.15) is 25.6 Å². The van der Waals surface area contributed by atoms with Crippen LogP contribution in [0.4, 0.5) is 4.79 Å². The summed E-state index contributed by atoms with van der Waals surface area (Å²) in [5, 5.41) is 3.43. The van der Waals surface area contributed by atoms with Crippen LogP contribution >= 0.6 is 46.9 Å². The van der Waals surface area contributed by atoms with E-state index >= 15 is 0 Å². The number of rotatable bonds is 3. The van der Waals surface area contributed by atoms with Gasteiger partial charge in [0.2, 0.25) is 0 Å².